The molecule has 0 radical (unpaired) electrons. The number of carboxylic acid groups (broad SMARTS) is 1. The second-order valence-electron chi connectivity index (χ2n) is 17.6. The van der Waals surface area contributed by atoms with E-state index in [2.05, 4.69) is 26.1 Å². The number of halogens is 6. The number of nitrogen functional groups attached to an aromatic ring is 1. The second kappa shape index (κ2) is 20.4. The molecule has 3 amide bonds. The Balaban J connectivity index is 0.000000162. The van der Waals surface area contributed by atoms with Crippen molar-refractivity contribution in [3.05, 3.63) is 132 Å². The maximum atomic E-state index is 13.0. The van der Waals surface area contributed by atoms with Crippen LogP contribution in [0.5, 0.6) is 0 Å². The van der Waals surface area contributed by atoms with Gasteiger partial charge in [-0.15, -0.1) is 5.10 Å². The Kier molecular flexibility index (Phi) is 14.4. The number of ether oxygens (including phenoxy) is 2. The number of aliphatic carboxylic acids is 1. The molecule has 15 nitrogen and oxygen atoms in total. The number of nitrogens with one attached hydrogen (secondary N) is 3. The third-order valence-electron chi connectivity index (χ3n) is 12.6. The van der Waals surface area contributed by atoms with Crippen molar-refractivity contribution < 1.29 is 60.1 Å². The lowest BCUT2D eigenvalue weighted by Crippen LogP contribution is -2.30. The number of anilines is 2. The molecule has 21 heteroatoms. The summed E-state index contributed by atoms with van der Waals surface area (Å²) < 4.78 is 86.8. The minimum Gasteiger partial charge on any atom is -0.481 e. The Morgan fingerprint density at radius 2 is 1.10 bits per heavy atom. The highest BCUT2D eigenvalue weighted by Crippen LogP contribution is 2.55. The maximum Gasteiger partial charge on any atom is 0.411 e. The quantitative estimate of drug-likeness (QED) is 0.0708. The summed E-state index contributed by atoms with van der Waals surface area (Å²) in [5.74, 6) is -1.49. The first-order valence-electron chi connectivity index (χ1n) is 22.5. The normalized spacial score (nSPS) is 18.2. The van der Waals surface area contributed by atoms with Crippen LogP contribution in [0.3, 0.4) is 0 Å². The lowest BCUT2D eigenvalue weighted by atomic mass is 9.91. The van der Waals surface area contributed by atoms with Crippen LogP contribution in [0.1, 0.15) is 36.8 Å². The first-order valence-corrected chi connectivity index (χ1v) is 22.5. The summed E-state index contributed by atoms with van der Waals surface area (Å²) in [4.78, 5) is 46.8. The van der Waals surface area contributed by atoms with Crippen molar-refractivity contribution >= 4 is 35.3 Å². The number of para-hydroxylation sites is 2. The lowest BCUT2D eigenvalue weighted by Gasteiger charge is -2.13. The molecule has 6 aromatic rings. The van der Waals surface area contributed by atoms with Gasteiger partial charge in [0.2, 0.25) is 17.7 Å². The Hall–Kier alpha value is -7.52. The molecule has 2 saturated heterocycles. The average molecular weight is 987 g/mol. The number of nitrogens with zero attached hydrogens (tertiary/aromatic N) is 4. The first-order chi connectivity index (χ1) is 33.8. The van der Waals surface area contributed by atoms with E-state index in [9.17, 15) is 45.5 Å². The van der Waals surface area contributed by atoms with Crippen molar-refractivity contribution in [2.24, 2.45) is 22.7 Å². The van der Waals surface area contributed by atoms with Gasteiger partial charge in [0.25, 0.3) is 0 Å². The lowest BCUT2D eigenvalue weighted by molar-refractivity contribution is -0.177. The summed E-state index contributed by atoms with van der Waals surface area (Å²) in [6.45, 7) is -2.30. The number of carboxylic acids is 1. The minimum atomic E-state index is -4.39. The van der Waals surface area contributed by atoms with Crippen LogP contribution in [-0.2, 0) is 41.9 Å². The molecule has 4 fully saturated rings. The molecular formula is C50H48F6N8O7. The standard InChI is InChI=1S/C25H23F3N4O3.C18H16F3N3O.C7H9NO3/c26-25(27,28)15-35-14-16-5-4-6-17(11-16)20-12-21(31-32(20)18-7-2-1-3-8-18)30-22(33)19-13-29-23(34)24(19)9-10-24;19-18(20,21)12-25-11-13-5-4-6-14(9-13)16-10-17(22)23-24(16)15-7-2-1-3-8-15;9-5(10)4-3-8-6(11)7(4)1-2-7/h1-8,11-12,19H,9-10,13-15H2,(H,29,34)(H,30,31,33);1-10H,11-12H2,(H2,22,23);4H,1-3H2,(H,8,11)(H,9,10). The number of aromatic nitrogens is 4. The molecule has 2 aliphatic carbocycles. The van der Waals surface area contributed by atoms with Gasteiger partial charge < -0.3 is 36.3 Å². The number of benzene rings is 4. The van der Waals surface area contributed by atoms with Crippen molar-refractivity contribution in [2.75, 3.05) is 37.4 Å². The van der Waals surface area contributed by atoms with Crippen LogP contribution in [0.25, 0.3) is 33.9 Å². The molecule has 2 saturated carbocycles. The Labute approximate surface area is 402 Å². The van der Waals surface area contributed by atoms with Crippen molar-refractivity contribution in [3.63, 3.8) is 0 Å². The first kappa shape index (κ1) is 49.9. The largest absolute Gasteiger partial charge is 0.481 e. The summed E-state index contributed by atoms with van der Waals surface area (Å²) >= 11 is 0. The van der Waals surface area contributed by atoms with Gasteiger partial charge in [-0.25, -0.2) is 9.36 Å². The minimum absolute atomic E-state index is 0.0649. The summed E-state index contributed by atoms with van der Waals surface area (Å²) in [6, 6.07) is 36.3. The van der Waals surface area contributed by atoms with Crippen LogP contribution in [0.2, 0.25) is 0 Å². The van der Waals surface area contributed by atoms with Crippen molar-refractivity contribution in [1.29, 1.82) is 0 Å². The molecule has 10 rings (SSSR count). The predicted octanol–water partition coefficient (Wildman–Crippen LogP) is 7.88. The fourth-order valence-corrected chi connectivity index (χ4v) is 8.74. The Morgan fingerprint density at radius 1 is 0.648 bits per heavy atom. The predicted molar refractivity (Wildman–Crippen MR) is 246 cm³/mol. The van der Waals surface area contributed by atoms with E-state index in [1.54, 1.807) is 57.9 Å². The van der Waals surface area contributed by atoms with Gasteiger partial charge in [0.15, 0.2) is 5.82 Å². The summed E-state index contributed by atoms with van der Waals surface area (Å²) in [7, 11) is 0. The van der Waals surface area contributed by atoms with Gasteiger partial charge in [0, 0.05) is 36.3 Å². The van der Waals surface area contributed by atoms with Crippen LogP contribution in [-0.4, -0.2) is 87.0 Å². The van der Waals surface area contributed by atoms with Gasteiger partial charge in [0.05, 0.1) is 58.6 Å². The fraction of sp³-hybridized carbons (Fsp3) is 0.320. The molecule has 2 spiro atoms. The van der Waals surface area contributed by atoms with E-state index in [0.717, 1.165) is 35.5 Å². The molecular weight excluding hydrogens is 939 g/mol. The van der Waals surface area contributed by atoms with Gasteiger partial charge >= 0.3 is 18.3 Å². The molecule has 2 atom stereocenters. The summed E-state index contributed by atoms with van der Waals surface area (Å²) in [5.41, 5.74) is 10.4. The van der Waals surface area contributed by atoms with Gasteiger partial charge in [-0.1, -0.05) is 72.8 Å². The van der Waals surface area contributed by atoms with Gasteiger partial charge in [-0.05, 0) is 73.2 Å². The van der Waals surface area contributed by atoms with Gasteiger partial charge in [-0.3, -0.25) is 19.2 Å². The molecule has 4 heterocycles. The second-order valence-corrected chi connectivity index (χ2v) is 17.6. The number of amides is 3. The number of hydrogen-bond donors (Lipinski definition) is 5. The van der Waals surface area contributed by atoms with E-state index in [1.807, 2.05) is 72.8 Å². The SMILES string of the molecule is Nc1cc(-c2cccc(COCC(F)(F)F)c2)n(-c2ccccc2)n1.O=C(Nc1cc(-c2cccc(COCC(F)(F)F)c2)n(-c2ccccc2)n1)C1CNC(=O)C12CC2.O=C(O)C1CNC(=O)C12CC2. The van der Waals surface area contributed by atoms with E-state index in [-0.39, 0.29) is 30.9 Å². The summed E-state index contributed by atoms with van der Waals surface area (Å²) in [5, 5.41) is 25.8. The number of alkyl halides is 6. The highest BCUT2D eigenvalue weighted by atomic mass is 19.4. The highest BCUT2D eigenvalue weighted by molar-refractivity contribution is 6.01. The maximum absolute atomic E-state index is 13.0. The molecule has 0 bridgehead atoms. The van der Waals surface area contributed by atoms with Crippen molar-refractivity contribution in [1.82, 2.24) is 30.2 Å². The molecule has 4 aliphatic rings. The molecule has 4 aromatic carbocycles. The third-order valence-corrected chi connectivity index (χ3v) is 12.6. The molecule has 6 N–H and O–H groups in total. The van der Waals surface area contributed by atoms with Crippen LogP contribution >= 0.6 is 0 Å². The van der Waals surface area contributed by atoms with Crippen molar-refractivity contribution in [2.45, 2.75) is 51.2 Å². The molecule has 372 valence electrons. The Bertz CT molecular complexity index is 2880. The highest BCUT2D eigenvalue weighted by Gasteiger charge is 2.62. The average Bonchev–Trinajstić information content (AvgIpc) is 4.15. The number of carbonyl (C=O) groups excluding carboxylic acids is 3. The topological polar surface area (TPSA) is 205 Å². The van der Waals surface area contributed by atoms with E-state index in [4.69, 9.17) is 20.3 Å². The fourth-order valence-electron chi connectivity index (χ4n) is 8.74. The van der Waals surface area contributed by atoms with Crippen LogP contribution in [0.4, 0.5) is 38.0 Å². The van der Waals surface area contributed by atoms with Crippen LogP contribution in [0, 0.1) is 22.7 Å². The van der Waals surface area contributed by atoms with Crippen LogP contribution in [0.15, 0.2) is 121 Å². The smallest absolute Gasteiger partial charge is 0.411 e. The van der Waals surface area contributed by atoms with E-state index < -0.39 is 54.2 Å². The zero-order valence-corrected chi connectivity index (χ0v) is 37.8. The molecule has 71 heavy (non-hydrogen) atoms. The van der Waals surface area contributed by atoms with E-state index in [1.165, 1.54) is 0 Å². The van der Waals surface area contributed by atoms with Gasteiger partial charge in [-0.2, -0.15) is 31.4 Å². The third kappa shape index (κ3) is 11.9. The number of carbonyl (C=O) groups is 4. The van der Waals surface area contributed by atoms with E-state index in [0.29, 0.717) is 60.0 Å². The van der Waals surface area contributed by atoms with Crippen LogP contribution < -0.4 is 21.7 Å². The zero-order valence-electron chi connectivity index (χ0n) is 37.8. The summed E-state index contributed by atoms with van der Waals surface area (Å²) in [6.07, 6.45) is -5.84. The number of nitrogens with two attached hydrogens (primary N) is 1. The monoisotopic (exact) mass is 986 g/mol. The molecule has 2 aliphatic heterocycles. The Morgan fingerprint density at radius 3 is 1.55 bits per heavy atom. The number of rotatable bonds is 13. The molecule has 2 aromatic heterocycles. The van der Waals surface area contributed by atoms with Gasteiger partial charge in [0.1, 0.15) is 19.0 Å². The zero-order chi connectivity index (χ0) is 50.6. The van der Waals surface area contributed by atoms with E-state index >= 15 is 0 Å². The molecule has 2 unspecified atom stereocenters. The van der Waals surface area contributed by atoms with Crippen molar-refractivity contribution in [3.8, 4) is 33.9 Å². The number of hydrogen-bond acceptors (Lipinski definition) is 9.